The van der Waals surface area contributed by atoms with Gasteiger partial charge in [0.1, 0.15) is 0 Å². The molecule has 0 unspecified atom stereocenters. The zero-order valence-electron chi connectivity index (χ0n) is 15.2. The molecule has 4 aromatic rings. The largest absolute Gasteiger partial charge is 0.361 e. The van der Waals surface area contributed by atoms with Gasteiger partial charge in [0, 0.05) is 55.0 Å². The fraction of sp³-hybridized carbons (Fsp3) is 0.143. The maximum absolute atomic E-state index is 12.3. The van der Waals surface area contributed by atoms with Crippen molar-refractivity contribution < 1.29 is 4.79 Å². The van der Waals surface area contributed by atoms with Crippen LogP contribution in [0.4, 0.5) is 5.95 Å². The Morgan fingerprint density at radius 2 is 1.89 bits per heavy atom. The third-order valence-corrected chi connectivity index (χ3v) is 4.44. The highest BCUT2D eigenvalue weighted by atomic mass is 16.1. The number of pyridine rings is 1. The molecule has 28 heavy (non-hydrogen) atoms. The first-order valence-corrected chi connectivity index (χ1v) is 9.07. The molecule has 0 saturated carbocycles. The fourth-order valence-electron chi connectivity index (χ4n) is 2.97. The molecule has 4 rings (SSSR count). The second-order valence-electron chi connectivity index (χ2n) is 6.38. The molecule has 0 atom stereocenters. The van der Waals surface area contributed by atoms with Crippen LogP contribution in [-0.4, -0.2) is 32.4 Å². The Morgan fingerprint density at radius 3 is 2.71 bits per heavy atom. The second kappa shape index (κ2) is 8.30. The summed E-state index contributed by atoms with van der Waals surface area (Å²) in [7, 11) is 0. The van der Waals surface area contributed by atoms with Crippen LogP contribution in [0, 0.1) is 0 Å². The van der Waals surface area contributed by atoms with E-state index in [4.69, 9.17) is 0 Å². The van der Waals surface area contributed by atoms with Crippen molar-refractivity contribution >= 4 is 22.8 Å². The number of anilines is 1. The van der Waals surface area contributed by atoms with Crippen molar-refractivity contribution in [2.75, 3.05) is 11.9 Å². The van der Waals surface area contributed by atoms with Gasteiger partial charge >= 0.3 is 0 Å². The number of para-hydroxylation sites is 1. The van der Waals surface area contributed by atoms with E-state index < -0.39 is 0 Å². The Labute approximate surface area is 162 Å². The van der Waals surface area contributed by atoms with Gasteiger partial charge in [-0.2, -0.15) is 0 Å². The van der Waals surface area contributed by atoms with Gasteiger partial charge in [-0.25, -0.2) is 9.97 Å². The van der Waals surface area contributed by atoms with Gasteiger partial charge in [0.05, 0.1) is 5.56 Å². The monoisotopic (exact) mass is 372 g/mol. The second-order valence-corrected chi connectivity index (χ2v) is 6.38. The van der Waals surface area contributed by atoms with E-state index in [2.05, 4.69) is 36.6 Å². The number of amides is 1. The van der Waals surface area contributed by atoms with Gasteiger partial charge in [-0.05, 0) is 29.7 Å². The summed E-state index contributed by atoms with van der Waals surface area (Å²) < 4.78 is 0. The highest BCUT2D eigenvalue weighted by Crippen LogP contribution is 2.17. The van der Waals surface area contributed by atoms with Gasteiger partial charge in [-0.15, -0.1) is 0 Å². The number of nitrogens with zero attached hydrogens (tertiary/aromatic N) is 3. The molecule has 1 amide bonds. The summed E-state index contributed by atoms with van der Waals surface area (Å²) in [6.07, 6.45) is 9.30. The summed E-state index contributed by atoms with van der Waals surface area (Å²) in [6.45, 7) is 1.12. The highest BCUT2D eigenvalue weighted by Gasteiger charge is 2.08. The van der Waals surface area contributed by atoms with Crippen molar-refractivity contribution in [3.8, 4) is 0 Å². The first-order chi connectivity index (χ1) is 13.8. The minimum Gasteiger partial charge on any atom is -0.361 e. The van der Waals surface area contributed by atoms with Gasteiger partial charge in [-0.1, -0.05) is 24.3 Å². The number of rotatable bonds is 7. The number of carbonyl (C=O) groups is 1. The lowest BCUT2D eigenvalue weighted by molar-refractivity contribution is 0.0953. The summed E-state index contributed by atoms with van der Waals surface area (Å²) >= 11 is 0. The fourth-order valence-corrected chi connectivity index (χ4v) is 2.97. The van der Waals surface area contributed by atoms with Crippen LogP contribution in [0.15, 0.2) is 67.4 Å². The van der Waals surface area contributed by atoms with E-state index >= 15 is 0 Å². The molecule has 0 aliphatic rings. The van der Waals surface area contributed by atoms with Crippen LogP contribution < -0.4 is 10.6 Å². The Hall–Kier alpha value is -3.74. The molecular weight excluding hydrogens is 352 g/mol. The van der Waals surface area contributed by atoms with E-state index in [0.717, 1.165) is 17.5 Å². The Balaban J connectivity index is 1.28. The number of benzene rings is 1. The lowest BCUT2D eigenvalue weighted by Crippen LogP contribution is -2.26. The molecule has 0 saturated heterocycles. The molecule has 1 aromatic carbocycles. The number of fused-ring (bicyclic) bond motifs is 1. The average molecular weight is 372 g/mol. The molecular formula is C21H20N6O. The minimum absolute atomic E-state index is 0.182. The Bertz CT molecular complexity index is 1060. The Morgan fingerprint density at radius 1 is 1.04 bits per heavy atom. The maximum atomic E-state index is 12.3. The van der Waals surface area contributed by atoms with Gasteiger partial charge in [0.25, 0.3) is 5.91 Å². The molecule has 0 aliphatic heterocycles. The number of aromatic nitrogens is 4. The van der Waals surface area contributed by atoms with E-state index in [1.54, 1.807) is 12.4 Å². The molecule has 7 heteroatoms. The predicted molar refractivity (Wildman–Crippen MR) is 108 cm³/mol. The van der Waals surface area contributed by atoms with Gasteiger partial charge in [0.2, 0.25) is 5.95 Å². The van der Waals surface area contributed by atoms with Gasteiger partial charge in [0.15, 0.2) is 0 Å². The smallest absolute Gasteiger partial charge is 0.254 e. The lowest BCUT2D eigenvalue weighted by Gasteiger charge is -2.07. The number of carbonyl (C=O) groups excluding carboxylic acids is 1. The standard InChI is InChI=1S/C21H20N6O/c28-20(23-9-7-16-12-24-19-6-2-1-5-18(16)19)17-13-26-21(27-14-17)25-11-15-4-3-8-22-10-15/h1-6,8,10,12-14,24H,7,9,11H2,(H,23,28)(H,25,26,27). The van der Waals surface area contributed by atoms with Gasteiger partial charge < -0.3 is 15.6 Å². The molecule has 3 N–H and O–H groups in total. The molecule has 0 bridgehead atoms. The molecule has 3 heterocycles. The lowest BCUT2D eigenvalue weighted by atomic mass is 10.1. The van der Waals surface area contributed by atoms with Gasteiger partial charge in [-0.3, -0.25) is 9.78 Å². The van der Waals surface area contributed by atoms with Crippen molar-refractivity contribution in [3.05, 3.63) is 84.1 Å². The predicted octanol–water partition coefficient (Wildman–Crippen LogP) is 2.94. The van der Waals surface area contributed by atoms with Crippen molar-refractivity contribution in [1.29, 1.82) is 0 Å². The average Bonchev–Trinajstić information content (AvgIpc) is 3.16. The van der Waals surface area contributed by atoms with Crippen molar-refractivity contribution in [3.63, 3.8) is 0 Å². The van der Waals surface area contributed by atoms with Crippen LogP contribution in [0.2, 0.25) is 0 Å². The maximum Gasteiger partial charge on any atom is 0.254 e. The van der Waals surface area contributed by atoms with Crippen LogP contribution in [0.5, 0.6) is 0 Å². The molecule has 140 valence electrons. The highest BCUT2D eigenvalue weighted by molar-refractivity contribution is 5.93. The van der Waals surface area contributed by atoms with E-state index in [-0.39, 0.29) is 5.91 Å². The summed E-state index contributed by atoms with van der Waals surface area (Å²) in [4.78, 5) is 28.0. The van der Waals surface area contributed by atoms with Crippen LogP contribution in [0.25, 0.3) is 10.9 Å². The normalized spacial score (nSPS) is 10.7. The number of nitrogens with one attached hydrogen (secondary N) is 3. The SMILES string of the molecule is O=C(NCCc1c[nH]c2ccccc12)c1cnc(NCc2cccnc2)nc1. The number of aromatic amines is 1. The molecule has 0 radical (unpaired) electrons. The van der Waals surface area contributed by atoms with Crippen molar-refractivity contribution in [1.82, 2.24) is 25.3 Å². The molecule has 0 spiro atoms. The van der Waals surface area contributed by atoms with E-state index in [1.807, 2.05) is 36.5 Å². The summed E-state index contributed by atoms with van der Waals surface area (Å²) in [5.74, 6) is 0.290. The summed E-state index contributed by atoms with van der Waals surface area (Å²) in [5, 5.41) is 7.21. The van der Waals surface area contributed by atoms with E-state index in [0.29, 0.717) is 24.6 Å². The van der Waals surface area contributed by atoms with E-state index in [9.17, 15) is 4.79 Å². The molecule has 3 aromatic heterocycles. The summed E-state index contributed by atoms with van der Waals surface area (Å²) in [5.41, 5.74) is 3.75. The van der Waals surface area contributed by atoms with E-state index in [1.165, 1.54) is 23.3 Å². The molecule has 7 nitrogen and oxygen atoms in total. The topological polar surface area (TPSA) is 95.6 Å². The van der Waals surface area contributed by atoms with Crippen LogP contribution >= 0.6 is 0 Å². The Kier molecular flexibility index (Phi) is 5.24. The van der Waals surface area contributed by atoms with Crippen LogP contribution in [-0.2, 0) is 13.0 Å². The number of hydrogen-bond acceptors (Lipinski definition) is 5. The van der Waals surface area contributed by atoms with Crippen LogP contribution in [0.1, 0.15) is 21.5 Å². The molecule has 0 fully saturated rings. The van der Waals surface area contributed by atoms with Crippen molar-refractivity contribution in [2.45, 2.75) is 13.0 Å². The minimum atomic E-state index is -0.182. The van der Waals surface area contributed by atoms with Crippen LogP contribution in [0.3, 0.4) is 0 Å². The van der Waals surface area contributed by atoms with Crippen molar-refractivity contribution in [2.24, 2.45) is 0 Å². The zero-order valence-corrected chi connectivity index (χ0v) is 15.2. The quantitative estimate of drug-likeness (QED) is 0.464. The first-order valence-electron chi connectivity index (χ1n) is 9.07. The zero-order chi connectivity index (χ0) is 19.2. The first kappa shape index (κ1) is 17.7. The third kappa shape index (κ3) is 4.15. The third-order valence-electron chi connectivity index (χ3n) is 4.44. The number of hydrogen-bond donors (Lipinski definition) is 3. The number of H-pyrrole nitrogens is 1. The summed E-state index contributed by atoms with van der Waals surface area (Å²) in [6, 6.07) is 12.0. The molecule has 0 aliphatic carbocycles.